The fourth-order valence-electron chi connectivity index (χ4n) is 2.81. The van der Waals surface area contributed by atoms with Crippen molar-refractivity contribution in [3.63, 3.8) is 0 Å². The van der Waals surface area contributed by atoms with Crippen LogP contribution in [0.2, 0.25) is 10.0 Å². The van der Waals surface area contributed by atoms with Gasteiger partial charge in [-0.1, -0.05) is 34.9 Å². The van der Waals surface area contributed by atoms with E-state index in [2.05, 4.69) is 26.7 Å². The van der Waals surface area contributed by atoms with Crippen molar-refractivity contribution in [2.24, 2.45) is 0 Å². The number of carbonyl (C=O) groups excluding carboxylic acids is 1. The van der Waals surface area contributed by atoms with E-state index in [-0.39, 0.29) is 5.91 Å². The summed E-state index contributed by atoms with van der Waals surface area (Å²) < 4.78 is 0. The maximum Gasteiger partial charge on any atom is 0.270 e. The number of hydrogen-bond acceptors (Lipinski definition) is 4. The molecule has 1 aliphatic carbocycles. The minimum atomic E-state index is -0.207. The van der Waals surface area contributed by atoms with Crippen molar-refractivity contribution in [1.29, 1.82) is 0 Å². The van der Waals surface area contributed by atoms with Crippen molar-refractivity contribution >= 4 is 40.7 Å². The number of allylic oxidation sites excluding steroid dienone is 1. The molecule has 7 heteroatoms. The van der Waals surface area contributed by atoms with E-state index < -0.39 is 0 Å². The molecule has 1 amide bonds. The summed E-state index contributed by atoms with van der Waals surface area (Å²) >= 11 is 11.9. The number of rotatable bonds is 6. The molecule has 0 radical (unpaired) electrons. The number of benzene rings is 1. The molecule has 0 saturated carbocycles. The van der Waals surface area contributed by atoms with Gasteiger partial charge in [0, 0.05) is 18.4 Å². The van der Waals surface area contributed by atoms with Crippen LogP contribution in [-0.4, -0.2) is 22.4 Å². The molecule has 2 aromatic rings. The van der Waals surface area contributed by atoms with Crippen molar-refractivity contribution in [1.82, 2.24) is 15.3 Å². The Morgan fingerprint density at radius 3 is 2.81 bits per heavy atom. The summed E-state index contributed by atoms with van der Waals surface area (Å²) in [5.74, 6) is 0.118. The molecule has 1 aromatic heterocycles. The van der Waals surface area contributed by atoms with Crippen molar-refractivity contribution in [2.75, 3.05) is 11.9 Å². The van der Waals surface area contributed by atoms with Gasteiger partial charge in [-0.15, -0.1) is 0 Å². The molecule has 26 heavy (non-hydrogen) atoms. The highest BCUT2D eigenvalue weighted by Crippen LogP contribution is 2.26. The van der Waals surface area contributed by atoms with E-state index in [4.69, 9.17) is 23.2 Å². The van der Waals surface area contributed by atoms with Crippen LogP contribution < -0.4 is 10.6 Å². The lowest BCUT2D eigenvalue weighted by Crippen LogP contribution is -2.26. The molecule has 3 rings (SSSR count). The third kappa shape index (κ3) is 5.19. The molecule has 136 valence electrons. The molecule has 1 aromatic carbocycles. The molecule has 0 fully saturated rings. The largest absolute Gasteiger partial charge is 0.350 e. The molecule has 0 saturated heterocycles. The topological polar surface area (TPSA) is 66.9 Å². The second-order valence-corrected chi connectivity index (χ2v) is 6.95. The van der Waals surface area contributed by atoms with Crippen LogP contribution in [0.3, 0.4) is 0 Å². The van der Waals surface area contributed by atoms with Crippen molar-refractivity contribution in [3.8, 4) is 0 Å². The molecular weight excluding hydrogens is 371 g/mol. The van der Waals surface area contributed by atoms with Gasteiger partial charge in [-0.05, 0) is 56.4 Å². The molecule has 0 atom stereocenters. The first-order valence-electron chi connectivity index (χ1n) is 8.63. The van der Waals surface area contributed by atoms with Crippen LogP contribution in [0.15, 0.2) is 42.1 Å². The number of aromatic nitrogens is 2. The fourth-order valence-corrected chi connectivity index (χ4v) is 3.11. The maximum absolute atomic E-state index is 12.3. The van der Waals surface area contributed by atoms with Crippen LogP contribution in [-0.2, 0) is 0 Å². The van der Waals surface area contributed by atoms with Crippen LogP contribution >= 0.6 is 23.2 Å². The monoisotopic (exact) mass is 390 g/mol. The number of anilines is 2. The minimum Gasteiger partial charge on any atom is -0.350 e. The number of carbonyl (C=O) groups is 1. The zero-order chi connectivity index (χ0) is 18.4. The summed E-state index contributed by atoms with van der Waals surface area (Å²) in [6.45, 7) is 0.615. The average Bonchev–Trinajstić information content (AvgIpc) is 2.66. The minimum absolute atomic E-state index is 0.207. The Morgan fingerprint density at radius 1 is 1.15 bits per heavy atom. The predicted molar refractivity (Wildman–Crippen MR) is 105 cm³/mol. The van der Waals surface area contributed by atoms with E-state index in [1.807, 2.05) is 0 Å². The SMILES string of the molecule is O=C(NCCC1=CCCCC1)c1ccnc(Nc2ccc(Cl)c(Cl)c2)n1. The van der Waals surface area contributed by atoms with Crippen LogP contribution in [0, 0.1) is 0 Å². The van der Waals surface area contributed by atoms with E-state index in [0.717, 1.165) is 19.3 Å². The van der Waals surface area contributed by atoms with Crippen molar-refractivity contribution in [3.05, 3.63) is 57.9 Å². The van der Waals surface area contributed by atoms with Crippen LogP contribution in [0.5, 0.6) is 0 Å². The van der Waals surface area contributed by atoms with Gasteiger partial charge < -0.3 is 10.6 Å². The Hall–Kier alpha value is -2.11. The van der Waals surface area contributed by atoms with Crippen molar-refractivity contribution < 1.29 is 4.79 Å². The van der Waals surface area contributed by atoms with Gasteiger partial charge in [0.1, 0.15) is 5.69 Å². The average molecular weight is 391 g/mol. The second kappa shape index (κ2) is 9.01. The molecule has 0 spiro atoms. The standard InChI is InChI=1S/C19H20Cl2N4O/c20-15-7-6-14(12-16(15)21)24-19-23-11-9-17(25-19)18(26)22-10-8-13-4-2-1-3-5-13/h4,6-7,9,11-12H,1-3,5,8,10H2,(H,22,26)(H,23,24,25). The van der Waals surface area contributed by atoms with Gasteiger partial charge in [0.25, 0.3) is 5.91 Å². The first kappa shape index (κ1) is 18.7. The Kier molecular flexibility index (Phi) is 6.47. The van der Waals surface area contributed by atoms with E-state index >= 15 is 0 Å². The molecule has 2 N–H and O–H groups in total. The first-order valence-corrected chi connectivity index (χ1v) is 9.38. The summed E-state index contributed by atoms with van der Waals surface area (Å²) in [6.07, 6.45) is 9.54. The highest BCUT2D eigenvalue weighted by atomic mass is 35.5. The first-order chi connectivity index (χ1) is 12.6. The summed E-state index contributed by atoms with van der Waals surface area (Å²) in [5, 5.41) is 6.84. The number of nitrogens with zero attached hydrogens (tertiary/aromatic N) is 2. The summed E-state index contributed by atoms with van der Waals surface area (Å²) in [5.41, 5.74) is 2.45. The van der Waals surface area contributed by atoms with Gasteiger partial charge in [-0.25, -0.2) is 9.97 Å². The highest BCUT2D eigenvalue weighted by molar-refractivity contribution is 6.42. The lowest BCUT2D eigenvalue weighted by atomic mass is 9.97. The van der Waals surface area contributed by atoms with Gasteiger partial charge in [-0.3, -0.25) is 4.79 Å². The lowest BCUT2D eigenvalue weighted by Gasteiger charge is -2.13. The Labute approximate surface area is 162 Å². The van der Waals surface area contributed by atoms with E-state index in [0.29, 0.717) is 33.9 Å². The van der Waals surface area contributed by atoms with Gasteiger partial charge in [-0.2, -0.15) is 0 Å². The summed E-state index contributed by atoms with van der Waals surface area (Å²) in [6, 6.07) is 6.72. The number of nitrogens with one attached hydrogen (secondary N) is 2. The predicted octanol–water partition coefficient (Wildman–Crippen LogP) is 5.15. The normalized spacial score (nSPS) is 13.8. The fraction of sp³-hybridized carbons (Fsp3) is 0.316. The zero-order valence-electron chi connectivity index (χ0n) is 14.3. The van der Waals surface area contributed by atoms with Crippen LogP contribution in [0.1, 0.15) is 42.6 Å². The van der Waals surface area contributed by atoms with Crippen molar-refractivity contribution in [2.45, 2.75) is 32.1 Å². The number of amides is 1. The molecule has 0 aliphatic heterocycles. The summed E-state index contributed by atoms with van der Waals surface area (Å²) in [7, 11) is 0. The van der Waals surface area contributed by atoms with Gasteiger partial charge in [0.05, 0.1) is 10.0 Å². The Balaban J connectivity index is 1.58. The lowest BCUT2D eigenvalue weighted by molar-refractivity contribution is 0.0949. The third-order valence-electron chi connectivity index (χ3n) is 4.18. The van der Waals surface area contributed by atoms with Gasteiger partial charge in [0.15, 0.2) is 0 Å². The smallest absolute Gasteiger partial charge is 0.270 e. The third-order valence-corrected chi connectivity index (χ3v) is 4.92. The molecule has 1 aliphatic rings. The molecule has 0 unspecified atom stereocenters. The number of halogens is 2. The molecule has 5 nitrogen and oxygen atoms in total. The number of hydrogen-bond donors (Lipinski definition) is 2. The molecule has 1 heterocycles. The van der Waals surface area contributed by atoms with Crippen LogP contribution in [0.4, 0.5) is 11.6 Å². The van der Waals surface area contributed by atoms with E-state index in [1.54, 1.807) is 30.5 Å². The zero-order valence-corrected chi connectivity index (χ0v) is 15.8. The van der Waals surface area contributed by atoms with Gasteiger partial charge >= 0.3 is 0 Å². The maximum atomic E-state index is 12.3. The summed E-state index contributed by atoms with van der Waals surface area (Å²) in [4.78, 5) is 20.7. The molecule has 0 bridgehead atoms. The van der Waals surface area contributed by atoms with E-state index in [1.165, 1.54) is 18.4 Å². The second-order valence-electron chi connectivity index (χ2n) is 6.13. The Morgan fingerprint density at radius 2 is 2.04 bits per heavy atom. The van der Waals surface area contributed by atoms with Crippen LogP contribution in [0.25, 0.3) is 0 Å². The quantitative estimate of drug-likeness (QED) is 0.669. The van der Waals surface area contributed by atoms with Gasteiger partial charge in [0.2, 0.25) is 5.95 Å². The van der Waals surface area contributed by atoms with E-state index in [9.17, 15) is 4.79 Å². The highest BCUT2D eigenvalue weighted by Gasteiger charge is 2.10. The molecular formula is C19H20Cl2N4O. The Bertz CT molecular complexity index is 823.